The quantitative estimate of drug-likeness (QED) is 0.790. The molecule has 1 heterocycles. The summed E-state index contributed by atoms with van der Waals surface area (Å²) in [5.41, 5.74) is 1.51. The number of carboxylic acids is 1. The maximum Gasteiger partial charge on any atom is 0.329 e. The average molecular weight is 282 g/mol. The van der Waals surface area contributed by atoms with Crippen LogP contribution in [0.15, 0.2) is 18.2 Å². The summed E-state index contributed by atoms with van der Waals surface area (Å²) in [6.07, 6.45) is 0.693. The third kappa shape index (κ3) is 3.45. The van der Waals surface area contributed by atoms with E-state index in [1.807, 2.05) is 0 Å². The molecule has 0 unspecified atom stereocenters. The fourth-order valence-corrected chi connectivity index (χ4v) is 2.05. The molecule has 108 valence electrons. The second kappa shape index (κ2) is 6.33. The molecular formula is C13H15FN2O4. The number of ether oxygens (including phenoxy) is 1. The van der Waals surface area contributed by atoms with Gasteiger partial charge in [-0.15, -0.1) is 0 Å². The maximum absolute atomic E-state index is 13.2. The second-order valence-corrected chi connectivity index (χ2v) is 4.35. The number of nitrogens with one attached hydrogen (secondary N) is 1. The molecule has 2 N–H and O–H groups in total. The zero-order valence-corrected chi connectivity index (χ0v) is 10.8. The van der Waals surface area contributed by atoms with Crippen molar-refractivity contribution in [3.8, 4) is 0 Å². The van der Waals surface area contributed by atoms with E-state index in [4.69, 9.17) is 9.84 Å². The molecule has 0 aromatic heterocycles. The molecule has 20 heavy (non-hydrogen) atoms. The van der Waals surface area contributed by atoms with Crippen LogP contribution >= 0.6 is 0 Å². The standard InChI is InChI=1S/C13H15FN2O4/c14-10-2-1-9-3-5-16(11(9)7-10)13(19)15-4-6-20-8-12(17)18/h1-2,7H,3-6,8H2,(H,15,19)(H,17,18). The third-order valence-corrected chi connectivity index (χ3v) is 2.94. The molecule has 7 heteroatoms. The SMILES string of the molecule is O=C(O)COCCNC(=O)N1CCc2ccc(F)cc21. The van der Waals surface area contributed by atoms with Crippen LogP contribution in [0, 0.1) is 5.82 Å². The minimum atomic E-state index is -1.06. The summed E-state index contributed by atoms with van der Waals surface area (Å²) >= 11 is 0. The van der Waals surface area contributed by atoms with Gasteiger partial charge in [-0.25, -0.2) is 14.0 Å². The Labute approximate surface area is 115 Å². The van der Waals surface area contributed by atoms with E-state index < -0.39 is 12.6 Å². The van der Waals surface area contributed by atoms with Gasteiger partial charge in [0.25, 0.3) is 0 Å². The molecule has 0 bridgehead atoms. The van der Waals surface area contributed by atoms with Crippen molar-refractivity contribution >= 4 is 17.7 Å². The number of carboxylic acid groups (broad SMARTS) is 1. The fourth-order valence-electron chi connectivity index (χ4n) is 2.05. The Bertz CT molecular complexity index is 521. The van der Waals surface area contributed by atoms with Crippen molar-refractivity contribution in [2.75, 3.05) is 31.2 Å². The Morgan fingerprint density at radius 1 is 1.45 bits per heavy atom. The first kappa shape index (κ1) is 14.3. The number of hydrogen-bond donors (Lipinski definition) is 2. The number of carbonyl (C=O) groups excluding carboxylic acids is 1. The molecule has 1 aromatic rings. The van der Waals surface area contributed by atoms with Gasteiger partial charge in [-0.2, -0.15) is 0 Å². The summed E-state index contributed by atoms with van der Waals surface area (Å²) in [5.74, 6) is -1.44. The number of halogens is 1. The van der Waals surface area contributed by atoms with Crippen molar-refractivity contribution in [2.24, 2.45) is 0 Å². The van der Waals surface area contributed by atoms with E-state index in [0.717, 1.165) is 5.56 Å². The normalized spacial score (nSPS) is 13.2. The Morgan fingerprint density at radius 2 is 2.25 bits per heavy atom. The number of hydrogen-bond acceptors (Lipinski definition) is 3. The molecule has 0 fully saturated rings. The van der Waals surface area contributed by atoms with Crippen LogP contribution in [0.25, 0.3) is 0 Å². The lowest BCUT2D eigenvalue weighted by atomic mass is 10.2. The second-order valence-electron chi connectivity index (χ2n) is 4.35. The van der Waals surface area contributed by atoms with Gasteiger partial charge >= 0.3 is 12.0 Å². The van der Waals surface area contributed by atoms with Gasteiger partial charge < -0.3 is 15.2 Å². The molecule has 1 aliphatic rings. The number of nitrogens with zero attached hydrogens (tertiary/aromatic N) is 1. The number of carbonyl (C=O) groups is 2. The molecule has 2 amide bonds. The summed E-state index contributed by atoms with van der Waals surface area (Å²) in [4.78, 5) is 23.6. The topological polar surface area (TPSA) is 78.9 Å². The first-order chi connectivity index (χ1) is 9.58. The van der Waals surface area contributed by atoms with Crippen molar-refractivity contribution in [1.82, 2.24) is 5.32 Å². The lowest BCUT2D eigenvalue weighted by molar-refractivity contribution is -0.142. The summed E-state index contributed by atoms with van der Waals surface area (Å²) in [6.45, 7) is 0.420. The maximum atomic E-state index is 13.2. The first-order valence-corrected chi connectivity index (χ1v) is 6.21. The fraction of sp³-hybridized carbons (Fsp3) is 0.385. The van der Waals surface area contributed by atoms with Crippen molar-refractivity contribution in [3.05, 3.63) is 29.6 Å². The zero-order chi connectivity index (χ0) is 14.5. The molecule has 0 saturated heterocycles. The Hall–Kier alpha value is -2.15. The zero-order valence-electron chi connectivity index (χ0n) is 10.8. The highest BCUT2D eigenvalue weighted by atomic mass is 19.1. The minimum absolute atomic E-state index is 0.113. The highest BCUT2D eigenvalue weighted by Crippen LogP contribution is 2.28. The Morgan fingerprint density at radius 3 is 3.00 bits per heavy atom. The van der Waals surface area contributed by atoms with Crippen molar-refractivity contribution in [3.63, 3.8) is 0 Å². The van der Waals surface area contributed by atoms with Crippen LogP contribution in [0.2, 0.25) is 0 Å². The minimum Gasteiger partial charge on any atom is -0.480 e. The average Bonchev–Trinajstić information content (AvgIpc) is 2.80. The molecule has 1 aliphatic heterocycles. The highest BCUT2D eigenvalue weighted by Gasteiger charge is 2.24. The molecule has 0 aliphatic carbocycles. The third-order valence-electron chi connectivity index (χ3n) is 2.94. The van der Waals surface area contributed by atoms with Crippen LogP contribution in [0.3, 0.4) is 0 Å². The van der Waals surface area contributed by atoms with Gasteiger partial charge in [-0.05, 0) is 24.1 Å². The summed E-state index contributed by atoms with van der Waals surface area (Å²) < 4.78 is 18.0. The van der Waals surface area contributed by atoms with E-state index in [1.54, 1.807) is 6.07 Å². The predicted molar refractivity (Wildman–Crippen MR) is 69.3 cm³/mol. The molecule has 2 rings (SSSR count). The Kier molecular flexibility index (Phi) is 4.52. The van der Waals surface area contributed by atoms with E-state index >= 15 is 0 Å². The van der Waals surface area contributed by atoms with Crippen LogP contribution in [-0.4, -0.2) is 43.4 Å². The number of benzene rings is 1. The van der Waals surface area contributed by atoms with E-state index in [1.165, 1.54) is 17.0 Å². The van der Waals surface area contributed by atoms with Gasteiger partial charge in [-0.1, -0.05) is 6.07 Å². The number of amides is 2. The first-order valence-electron chi connectivity index (χ1n) is 6.21. The van der Waals surface area contributed by atoms with Crippen LogP contribution in [-0.2, 0) is 16.0 Å². The lowest BCUT2D eigenvalue weighted by Crippen LogP contribution is -2.40. The number of fused-ring (bicyclic) bond motifs is 1. The predicted octanol–water partition coefficient (Wildman–Crippen LogP) is 0.999. The van der Waals surface area contributed by atoms with Crippen LogP contribution < -0.4 is 10.2 Å². The molecular weight excluding hydrogens is 267 g/mol. The van der Waals surface area contributed by atoms with Gasteiger partial charge in [-0.3, -0.25) is 4.90 Å². The molecule has 0 saturated carbocycles. The molecule has 6 nitrogen and oxygen atoms in total. The van der Waals surface area contributed by atoms with Crippen molar-refractivity contribution < 1.29 is 23.8 Å². The van der Waals surface area contributed by atoms with E-state index in [-0.39, 0.29) is 25.0 Å². The van der Waals surface area contributed by atoms with E-state index in [9.17, 15) is 14.0 Å². The van der Waals surface area contributed by atoms with Gasteiger partial charge in [0.1, 0.15) is 12.4 Å². The van der Waals surface area contributed by atoms with Gasteiger partial charge in [0.2, 0.25) is 0 Å². The van der Waals surface area contributed by atoms with Gasteiger partial charge in [0.15, 0.2) is 0 Å². The van der Waals surface area contributed by atoms with Gasteiger partial charge in [0.05, 0.1) is 12.3 Å². The number of anilines is 1. The van der Waals surface area contributed by atoms with Crippen LogP contribution in [0.5, 0.6) is 0 Å². The monoisotopic (exact) mass is 282 g/mol. The summed E-state index contributed by atoms with van der Waals surface area (Å²) in [5, 5.41) is 11.0. The molecule has 0 radical (unpaired) electrons. The molecule has 0 atom stereocenters. The Balaban J connectivity index is 1.83. The number of rotatable bonds is 5. The largest absolute Gasteiger partial charge is 0.480 e. The highest BCUT2D eigenvalue weighted by molar-refractivity contribution is 5.94. The van der Waals surface area contributed by atoms with E-state index in [0.29, 0.717) is 18.7 Å². The number of urea groups is 1. The van der Waals surface area contributed by atoms with Crippen molar-refractivity contribution in [2.45, 2.75) is 6.42 Å². The van der Waals surface area contributed by atoms with Crippen LogP contribution in [0.1, 0.15) is 5.56 Å². The summed E-state index contributed by atoms with van der Waals surface area (Å²) in [6, 6.07) is 4.05. The summed E-state index contributed by atoms with van der Waals surface area (Å²) in [7, 11) is 0. The lowest BCUT2D eigenvalue weighted by Gasteiger charge is -2.18. The van der Waals surface area contributed by atoms with E-state index in [2.05, 4.69) is 5.32 Å². The number of aliphatic carboxylic acids is 1. The molecule has 0 spiro atoms. The smallest absolute Gasteiger partial charge is 0.329 e. The van der Waals surface area contributed by atoms with Crippen LogP contribution in [0.4, 0.5) is 14.9 Å². The van der Waals surface area contributed by atoms with Crippen molar-refractivity contribution in [1.29, 1.82) is 0 Å². The van der Waals surface area contributed by atoms with Gasteiger partial charge in [0, 0.05) is 13.1 Å². The molecule has 1 aromatic carbocycles.